The van der Waals surface area contributed by atoms with Crippen molar-refractivity contribution in [3.05, 3.63) is 34.9 Å². The predicted octanol–water partition coefficient (Wildman–Crippen LogP) is 3.56. The van der Waals surface area contributed by atoms with Crippen molar-refractivity contribution in [2.45, 2.75) is 64.4 Å². The fourth-order valence-corrected chi connectivity index (χ4v) is 5.40. The molecule has 24 heavy (non-hydrogen) atoms. The molecule has 1 aromatic rings. The van der Waals surface area contributed by atoms with E-state index in [2.05, 4.69) is 32.0 Å². The van der Waals surface area contributed by atoms with Gasteiger partial charge in [0.15, 0.2) is 0 Å². The molecule has 1 atom stereocenters. The Morgan fingerprint density at radius 1 is 1.21 bits per heavy atom. The Morgan fingerprint density at radius 2 is 1.92 bits per heavy atom. The molecule has 0 bridgehead atoms. The molecule has 3 fully saturated rings. The Balaban J connectivity index is 1.36. The van der Waals surface area contributed by atoms with E-state index in [0.717, 1.165) is 13.1 Å². The van der Waals surface area contributed by atoms with Gasteiger partial charge < -0.3 is 10.0 Å². The van der Waals surface area contributed by atoms with Crippen molar-refractivity contribution in [1.29, 1.82) is 0 Å². The minimum atomic E-state index is -0.607. The first-order valence-electron chi connectivity index (χ1n) is 9.35. The van der Waals surface area contributed by atoms with Gasteiger partial charge in [0, 0.05) is 24.4 Å². The molecular weight excluding hydrogens is 298 g/mol. The zero-order valence-corrected chi connectivity index (χ0v) is 15.1. The average Bonchev–Trinajstić information content (AvgIpc) is 2.87. The van der Waals surface area contributed by atoms with Gasteiger partial charge in [0.25, 0.3) is 0 Å². The van der Waals surface area contributed by atoms with E-state index in [1.54, 1.807) is 0 Å². The minimum absolute atomic E-state index is 0.0638. The van der Waals surface area contributed by atoms with Gasteiger partial charge in [-0.2, -0.15) is 0 Å². The first-order valence-corrected chi connectivity index (χ1v) is 9.35. The minimum Gasteiger partial charge on any atom is -0.390 e. The fourth-order valence-electron chi connectivity index (χ4n) is 5.40. The molecule has 1 N–H and O–H groups in total. The molecule has 1 spiro atoms. The molecule has 3 heteroatoms. The number of aryl methyl sites for hydroxylation is 2. The van der Waals surface area contributed by atoms with E-state index in [-0.39, 0.29) is 11.8 Å². The van der Waals surface area contributed by atoms with Crippen LogP contribution in [-0.4, -0.2) is 34.6 Å². The van der Waals surface area contributed by atoms with Gasteiger partial charge in [0.2, 0.25) is 5.91 Å². The highest BCUT2D eigenvalue weighted by Gasteiger charge is 2.53. The van der Waals surface area contributed by atoms with Crippen LogP contribution in [0.2, 0.25) is 0 Å². The Hall–Kier alpha value is -1.35. The Labute approximate surface area is 145 Å². The second kappa shape index (κ2) is 5.32. The van der Waals surface area contributed by atoms with Gasteiger partial charge in [-0.3, -0.25) is 4.79 Å². The maximum Gasteiger partial charge on any atom is 0.225 e. The summed E-state index contributed by atoms with van der Waals surface area (Å²) >= 11 is 0. The van der Waals surface area contributed by atoms with Gasteiger partial charge in [0.1, 0.15) is 0 Å². The number of carbonyl (C=O) groups excluding carboxylic acids is 1. The first-order chi connectivity index (χ1) is 11.3. The third kappa shape index (κ3) is 2.67. The highest BCUT2D eigenvalue weighted by atomic mass is 16.3. The molecule has 2 aliphatic carbocycles. The summed E-state index contributed by atoms with van der Waals surface area (Å²) in [5.41, 5.74) is 4.02. The smallest absolute Gasteiger partial charge is 0.225 e. The van der Waals surface area contributed by atoms with Crippen LogP contribution in [0.4, 0.5) is 0 Å². The molecule has 4 rings (SSSR count). The Kier molecular flexibility index (Phi) is 3.58. The molecular formula is C21H29NO2. The molecule has 0 radical (unpaired) electrons. The van der Waals surface area contributed by atoms with E-state index < -0.39 is 5.60 Å². The van der Waals surface area contributed by atoms with Gasteiger partial charge in [-0.1, -0.05) is 23.8 Å². The fraction of sp³-hybridized carbons (Fsp3) is 0.667. The lowest BCUT2D eigenvalue weighted by Crippen LogP contribution is -2.61. The number of carbonyl (C=O) groups is 1. The summed E-state index contributed by atoms with van der Waals surface area (Å²) in [6.45, 7) is 8.09. The van der Waals surface area contributed by atoms with Crippen LogP contribution in [0.1, 0.15) is 61.6 Å². The van der Waals surface area contributed by atoms with Crippen LogP contribution in [-0.2, 0) is 4.79 Å². The summed E-state index contributed by atoms with van der Waals surface area (Å²) in [6, 6.07) is 6.83. The maximum absolute atomic E-state index is 12.5. The van der Waals surface area contributed by atoms with E-state index in [1.165, 1.54) is 36.0 Å². The van der Waals surface area contributed by atoms with Gasteiger partial charge in [-0.25, -0.2) is 0 Å². The van der Waals surface area contributed by atoms with Crippen LogP contribution in [0.15, 0.2) is 18.2 Å². The third-order valence-electron chi connectivity index (χ3n) is 6.65. The Bertz CT molecular complexity index is 664. The lowest BCUT2D eigenvalue weighted by atomic mass is 9.69. The monoisotopic (exact) mass is 327 g/mol. The molecule has 0 aromatic heterocycles. The van der Waals surface area contributed by atoms with Crippen molar-refractivity contribution in [3.63, 3.8) is 0 Å². The molecule has 3 nitrogen and oxygen atoms in total. The highest BCUT2D eigenvalue weighted by molar-refractivity contribution is 5.81. The number of benzene rings is 1. The quantitative estimate of drug-likeness (QED) is 0.902. The van der Waals surface area contributed by atoms with Crippen molar-refractivity contribution in [1.82, 2.24) is 4.90 Å². The first kappa shape index (κ1) is 16.1. The summed E-state index contributed by atoms with van der Waals surface area (Å²) in [5, 5.41) is 9.85. The second-order valence-corrected chi connectivity index (χ2v) is 9.10. The van der Waals surface area contributed by atoms with Crippen molar-refractivity contribution in [2.75, 3.05) is 13.1 Å². The highest BCUT2D eigenvalue weighted by Crippen LogP contribution is 2.53. The van der Waals surface area contributed by atoms with Gasteiger partial charge in [-0.05, 0) is 69.9 Å². The molecule has 2 saturated carbocycles. The lowest BCUT2D eigenvalue weighted by Gasteiger charge is -2.52. The number of amides is 1. The molecule has 130 valence electrons. The van der Waals surface area contributed by atoms with Crippen LogP contribution >= 0.6 is 0 Å². The summed E-state index contributed by atoms with van der Waals surface area (Å²) in [5.74, 6) is 1.00. The molecule has 1 saturated heterocycles. The zero-order chi connectivity index (χ0) is 17.1. The van der Waals surface area contributed by atoms with Crippen molar-refractivity contribution in [3.8, 4) is 0 Å². The number of hydrogen-bond donors (Lipinski definition) is 1. The molecule has 1 aliphatic heterocycles. The average molecular weight is 327 g/mol. The summed E-state index contributed by atoms with van der Waals surface area (Å²) in [6.07, 6.45) is 5.01. The summed E-state index contributed by atoms with van der Waals surface area (Å²) in [4.78, 5) is 14.5. The molecule has 1 aromatic carbocycles. The SMILES string of the molecule is Cc1ccc([C@@H]2CCC3(C2)CN(C(=O)[C@H]2C[C@@](C)(O)C2)C3)c(C)c1. The number of hydrogen-bond acceptors (Lipinski definition) is 2. The number of aliphatic hydroxyl groups is 1. The normalized spacial score (nSPS) is 34.1. The van der Waals surface area contributed by atoms with Gasteiger partial charge >= 0.3 is 0 Å². The van der Waals surface area contributed by atoms with Gasteiger partial charge in [-0.15, -0.1) is 0 Å². The van der Waals surface area contributed by atoms with E-state index in [9.17, 15) is 9.90 Å². The second-order valence-electron chi connectivity index (χ2n) is 9.10. The third-order valence-corrected chi connectivity index (χ3v) is 6.65. The van der Waals surface area contributed by atoms with E-state index in [4.69, 9.17) is 0 Å². The van der Waals surface area contributed by atoms with Gasteiger partial charge in [0.05, 0.1) is 5.60 Å². The van der Waals surface area contributed by atoms with Crippen LogP contribution in [0.25, 0.3) is 0 Å². The number of likely N-dealkylation sites (tertiary alicyclic amines) is 1. The molecule has 1 heterocycles. The van der Waals surface area contributed by atoms with Crippen LogP contribution < -0.4 is 0 Å². The molecule has 1 amide bonds. The number of rotatable bonds is 2. The Morgan fingerprint density at radius 3 is 2.54 bits per heavy atom. The maximum atomic E-state index is 12.5. The summed E-state index contributed by atoms with van der Waals surface area (Å²) in [7, 11) is 0. The van der Waals surface area contributed by atoms with E-state index in [0.29, 0.717) is 24.2 Å². The lowest BCUT2D eigenvalue weighted by molar-refractivity contribution is -0.161. The van der Waals surface area contributed by atoms with Crippen LogP contribution in [0.3, 0.4) is 0 Å². The van der Waals surface area contributed by atoms with Crippen LogP contribution in [0, 0.1) is 25.2 Å². The van der Waals surface area contributed by atoms with E-state index in [1.807, 2.05) is 11.8 Å². The largest absolute Gasteiger partial charge is 0.390 e. The van der Waals surface area contributed by atoms with Crippen molar-refractivity contribution >= 4 is 5.91 Å². The van der Waals surface area contributed by atoms with Crippen molar-refractivity contribution < 1.29 is 9.90 Å². The standard InChI is InChI=1S/C21H29NO2/c1-14-4-5-18(15(2)8-14)16-6-7-21(11-16)12-22(13-21)19(23)17-9-20(3,24)10-17/h4-5,8,16-17,24H,6-7,9-13H2,1-3H3/t16-,17-,20+/m1/s1. The molecule has 0 unspecified atom stereocenters. The van der Waals surface area contributed by atoms with E-state index >= 15 is 0 Å². The zero-order valence-electron chi connectivity index (χ0n) is 15.1. The van der Waals surface area contributed by atoms with Crippen LogP contribution in [0.5, 0.6) is 0 Å². The number of nitrogens with zero attached hydrogens (tertiary/aromatic N) is 1. The summed E-state index contributed by atoms with van der Waals surface area (Å²) < 4.78 is 0. The van der Waals surface area contributed by atoms with Crippen molar-refractivity contribution in [2.24, 2.45) is 11.3 Å². The molecule has 3 aliphatic rings. The predicted molar refractivity (Wildman–Crippen MR) is 94.9 cm³/mol. The topological polar surface area (TPSA) is 40.5 Å².